The summed E-state index contributed by atoms with van der Waals surface area (Å²) in [4.78, 5) is 27.4. The van der Waals surface area contributed by atoms with Crippen LogP contribution in [-0.4, -0.2) is 41.4 Å². The van der Waals surface area contributed by atoms with Crippen molar-refractivity contribution in [2.75, 3.05) is 11.9 Å². The molecule has 160 valence electrons. The zero-order valence-electron chi connectivity index (χ0n) is 17.6. The van der Waals surface area contributed by atoms with E-state index in [4.69, 9.17) is 0 Å². The van der Waals surface area contributed by atoms with E-state index in [0.29, 0.717) is 30.5 Å². The summed E-state index contributed by atoms with van der Waals surface area (Å²) in [7, 11) is 0. The highest BCUT2D eigenvalue weighted by atomic mass is 35.5. The predicted molar refractivity (Wildman–Crippen MR) is 119 cm³/mol. The number of hydrogen-bond donors (Lipinski definition) is 2. The summed E-state index contributed by atoms with van der Waals surface area (Å²) >= 11 is 0. The monoisotopic (exact) mass is 419 g/mol. The third kappa shape index (κ3) is 5.13. The number of carbonyl (C=O) groups is 2. The summed E-state index contributed by atoms with van der Waals surface area (Å²) in [6, 6.07) is 7.20. The van der Waals surface area contributed by atoms with Crippen molar-refractivity contribution < 1.29 is 9.59 Å². The fraction of sp³-hybridized carbons (Fsp3) is 0.652. The van der Waals surface area contributed by atoms with Crippen LogP contribution >= 0.6 is 12.4 Å². The largest absolute Gasteiger partial charge is 0.336 e. The Bertz CT molecular complexity index is 742. The van der Waals surface area contributed by atoms with Gasteiger partial charge in [0.1, 0.15) is 0 Å². The molecule has 29 heavy (non-hydrogen) atoms. The normalized spacial score (nSPS) is 28.6. The second-order valence-electron chi connectivity index (χ2n) is 9.10. The molecule has 0 aliphatic carbocycles. The Labute approximate surface area is 180 Å². The van der Waals surface area contributed by atoms with Crippen LogP contribution in [0.15, 0.2) is 18.2 Å². The van der Waals surface area contributed by atoms with Crippen molar-refractivity contribution in [1.29, 1.82) is 0 Å². The molecular weight excluding hydrogens is 386 g/mol. The molecule has 3 aliphatic heterocycles. The Hall–Kier alpha value is -1.59. The molecule has 0 saturated carbocycles. The minimum atomic E-state index is 0. The Morgan fingerprint density at radius 3 is 2.52 bits per heavy atom. The number of anilines is 1. The van der Waals surface area contributed by atoms with E-state index in [0.717, 1.165) is 49.0 Å². The van der Waals surface area contributed by atoms with Crippen LogP contribution in [-0.2, 0) is 4.79 Å². The summed E-state index contributed by atoms with van der Waals surface area (Å²) in [5.74, 6) is 0.692. The molecule has 0 spiro atoms. The average Bonchev–Trinajstić information content (AvgIpc) is 3.01. The molecule has 3 unspecified atom stereocenters. The Morgan fingerprint density at radius 1 is 1.14 bits per heavy atom. The number of halogens is 1. The van der Waals surface area contributed by atoms with Gasteiger partial charge in [0, 0.05) is 42.3 Å². The third-order valence-corrected chi connectivity index (χ3v) is 6.86. The van der Waals surface area contributed by atoms with Gasteiger partial charge in [0.2, 0.25) is 5.91 Å². The van der Waals surface area contributed by atoms with Gasteiger partial charge in [-0.1, -0.05) is 0 Å². The number of rotatable bonds is 4. The van der Waals surface area contributed by atoms with Crippen LogP contribution in [0.1, 0.15) is 74.2 Å². The zero-order chi connectivity index (χ0) is 19.7. The second kappa shape index (κ2) is 9.48. The molecule has 0 aromatic heterocycles. The lowest BCUT2D eigenvalue weighted by molar-refractivity contribution is -0.117. The maximum absolute atomic E-state index is 12.9. The van der Waals surface area contributed by atoms with Gasteiger partial charge < -0.3 is 15.5 Å². The number of hydrogen-bond acceptors (Lipinski definition) is 3. The van der Waals surface area contributed by atoms with Gasteiger partial charge in [0.25, 0.3) is 5.91 Å². The van der Waals surface area contributed by atoms with E-state index in [1.165, 1.54) is 19.3 Å². The smallest absolute Gasteiger partial charge is 0.254 e. The van der Waals surface area contributed by atoms with E-state index in [2.05, 4.69) is 17.6 Å². The highest BCUT2D eigenvalue weighted by molar-refractivity contribution is 5.96. The lowest BCUT2D eigenvalue weighted by Crippen LogP contribution is -2.42. The molecule has 2 N–H and O–H groups in total. The Kier molecular flexibility index (Phi) is 7.23. The topological polar surface area (TPSA) is 61.4 Å². The molecule has 3 fully saturated rings. The highest BCUT2D eigenvalue weighted by Gasteiger charge is 2.34. The van der Waals surface area contributed by atoms with E-state index in [-0.39, 0.29) is 24.2 Å². The van der Waals surface area contributed by atoms with Gasteiger partial charge in [-0.05, 0) is 88.5 Å². The summed E-state index contributed by atoms with van der Waals surface area (Å²) < 4.78 is 0. The van der Waals surface area contributed by atoms with Crippen LogP contribution < -0.4 is 10.6 Å². The number of carbonyl (C=O) groups excluding carboxylic acids is 2. The van der Waals surface area contributed by atoms with E-state index < -0.39 is 0 Å². The van der Waals surface area contributed by atoms with E-state index >= 15 is 0 Å². The number of benzene rings is 1. The van der Waals surface area contributed by atoms with Gasteiger partial charge in [0.15, 0.2) is 0 Å². The van der Waals surface area contributed by atoms with Crippen LogP contribution in [0.2, 0.25) is 0 Å². The fourth-order valence-electron chi connectivity index (χ4n) is 5.31. The molecule has 1 aromatic carbocycles. The maximum Gasteiger partial charge on any atom is 0.254 e. The van der Waals surface area contributed by atoms with Crippen LogP contribution in [0.4, 0.5) is 5.69 Å². The lowest BCUT2D eigenvalue weighted by Gasteiger charge is -2.33. The number of amides is 2. The fourth-order valence-corrected chi connectivity index (χ4v) is 5.31. The highest BCUT2D eigenvalue weighted by Crippen LogP contribution is 2.33. The third-order valence-electron chi connectivity index (χ3n) is 6.86. The minimum Gasteiger partial charge on any atom is -0.336 e. The van der Waals surface area contributed by atoms with E-state index in [9.17, 15) is 9.59 Å². The molecule has 6 heteroatoms. The van der Waals surface area contributed by atoms with Crippen molar-refractivity contribution in [3.8, 4) is 0 Å². The molecule has 3 heterocycles. The van der Waals surface area contributed by atoms with Crippen molar-refractivity contribution in [3.63, 3.8) is 0 Å². The van der Waals surface area contributed by atoms with Crippen LogP contribution in [0.25, 0.3) is 0 Å². The number of nitrogens with one attached hydrogen (secondary N) is 2. The molecular formula is C23H34ClN3O2. The first-order valence-electron chi connectivity index (χ1n) is 11.0. The molecule has 0 radical (unpaired) electrons. The van der Waals surface area contributed by atoms with Crippen molar-refractivity contribution in [1.82, 2.24) is 10.2 Å². The quantitative estimate of drug-likeness (QED) is 0.765. The average molecular weight is 420 g/mol. The summed E-state index contributed by atoms with van der Waals surface area (Å²) in [5, 5.41) is 6.71. The molecule has 4 rings (SSSR count). The Balaban J connectivity index is 0.00000240. The maximum atomic E-state index is 12.9. The summed E-state index contributed by atoms with van der Waals surface area (Å²) in [5.41, 5.74) is 2.50. The van der Waals surface area contributed by atoms with Crippen molar-refractivity contribution in [2.24, 2.45) is 5.92 Å². The Morgan fingerprint density at radius 2 is 1.86 bits per heavy atom. The zero-order valence-corrected chi connectivity index (χ0v) is 18.4. The van der Waals surface area contributed by atoms with Gasteiger partial charge in [-0.25, -0.2) is 0 Å². The molecule has 2 bridgehead atoms. The molecule has 1 aromatic rings. The van der Waals surface area contributed by atoms with Crippen molar-refractivity contribution in [2.45, 2.75) is 83.3 Å². The lowest BCUT2D eigenvalue weighted by atomic mass is 9.89. The van der Waals surface area contributed by atoms with Crippen LogP contribution in [0.5, 0.6) is 0 Å². The first kappa shape index (κ1) is 22.1. The molecule has 3 aliphatic rings. The summed E-state index contributed by atoms with van der Waals surface area (Å²) in [6.45, 7) is 4.94. The number of likely N-dealkylation sites (tertiary alicyclic amines) is 1. The summed E-state index contributed by atoms with van der Waals surface area (Å²) in [6.07, 6.45) is 8.71. The molecule has 5 nitrogen and oxygen atoms in total. The number of piperidine rings is 2. The van der Waals surface area contributed by atoms with Crippen LogP contribution in [0.3, 0.4) is 0 Å². The van der Waals surface area contributed by atoms with Crippen LogP contribution in [0, 0.1) is 12.8 Å². The molecule has 3 saturated heterocycles. The number of aryl methyl sites for hydroxylation is 1. The number of fused-ring (bicyclic) bond motifs is 2. The van der Waals surface area contributed by atoms with Gasteiger partial charge in [-0.15, -0.1) is 12.4 Å². The van der Waals surface area contributed by atoms with E-state index in [1.807, 2.05) is 30.0 Å². The standard InChI is InChI=1S/C23H33N3O2.ClH/c1-15-11-18(23(28)26-10-4-3-5-16(26)2)6-9-21(15)25-22(27)14-17-12-19-7-8-20(13-17)24-19;/h6,9,11,16-17,19-20,24H,3-5,7-8,10,12-14H2,1-2H3,(H,25,27);1H. The van der Waals surface area contributed by atoms with Gasteiger partial charge in [-0.2, -0.15) is 0 Å². The van der Waals surface area contributed by atoms with Gasteiger partial charge in [-0.3, -0.25) is 9.59 Å². The van der Waals surface area contributed by atoms with Crippen molar-refractivity contribution >= 4 is 29.9 Å². The molecule has 2 amide bonds. The van der Waals surface area contributed by atoms with Gasteiger partial charge >= 0.3 is 0 Å². The predicted octanol–water partition coefficient (Wildman–Crippen LogP) is 4.29. The molecule has 3 atom stereocenters. The number of nitrogens with zero attached hydrogens (tertiary/aromatic N) is 1. The van der Waals surface area contributed by atoms with E-state index in [1.54, 1.807) is 0 Å². The van der Waals surface area contributed by atoms with Crippen molar-refractivity contribution in [3.05, 3.63) is 29.3 Å². The first-order valence-corrected chi connectivity index (χ1v) is 11.0. The van der Waals surface area contributed by atoms with Gasteiger partial charge in [0.05, 0.1) is 0 Å². The SMILES string of the molecule is Cc1cc(C(=O)N2CCCCC2C)ccc1NC(=O)CC1CC2CCC(C1)N2.Cl. The minimum absolute atomic E-state index is 0. The first-order chi connectivity index (χ1) is 13.5. The second-order valence-corrected chi connectivity index (χ2v) is 9.10.